The average Bonchev–Trinajstić information content (AvgIpc) is 3.03. The molecule has 8 heteroatoms. The minimum Gasteiger partial charge on any atom is -0.493 e. The first-order valence-corrected chi connectivity index (χ1v) is 11.2. The Morgan fingerprint density at radius 2 is 1.76 bits per heavy atom. The van der Waals surface area contributed by atoms with Crippen LogP contribution in [0.15, 0.2) is 76.9 Å². The number of amides is 1. The van der Waals surface area contributed by atoms with Gasteiger partial charge in [0.2, 0.25) is 0 Å². The molecule has 5 nitrogen and oxygen atoms in total. The van der Waals surface area contributed by atoms with Gasteiger partial charge in [0, 0.05) is 11.5 Å². The van der Waals surface area contributed by atoms with Crippen molar-refractivity contribution in [3.63, 3.8) is 0 Å². The standard InChI is InChI=1S/C25H20BrFN2O3S/c1-28-21(24(30)29(25(28)33)19-6-4-3-5-7-19)12-17-13-22(31-2)23(14-20(17)26)32-15-16-8-10-18(27)11-9-16/h3-14H,15H2,1-2H3/b21-12-. The van der Waals surface area contributed by atoms with E-state index < -0.39 is 0 Å². The Bertz CT molecular complexity index is 1230. The lowest BCUT2D eigenvalue weighted by atomic mass is 10.1. The summed E-state index contributed by atoms with van der Waals surface area (Å²) >= 11 is 9.08. The van der Waals surface area contributed by atoms with Crippen LogP contribution in [0.25, 0.3) is 6.08 Å². The number of benzene rings is 3. The van der Waals surface area contributed by atoms with Gasteiger partial charge in [-0.3, -0.25) is 9.69 Å². The van der Waals surface area contributed by atoms with Gasteiger partial charge in [0.15, 0.2) is 16.6 Å². The van der Waals surface area contributed by atoms with Crippen molar-refractivity contribution in [2.75, 3.05) is 19.1 Å². The molecule has 0 atom stereocenters. The average molecular weight is 527 g/mol. The fourth-order valence-electron chi connectivity index (χ4n) is 3.38. The number of rotatable bonds is 6. The molecule has 3 aromatic carbocycles. The first-order valence-electron chi connectivity index (χ1n) is 10.0. The van der Waals surface area contributed by atoms with Gasteiger partial charge in [0.25, 0.3) is 5.91 Å². The lowest BCUT2D eigenvalue weighted by Crippen LogP contribution is -2.30. The number of para-hydroxylation sites is 1. The minimum atomic E-state index is -0.298. The number of ether oxygens (including phenoxy) is 2. The molecular weight excluding hydrogens is 507 g/mol. The van der Waals surface area contributed by atoms with E-state index in [1.807, 2.05) is 30.3 Å². The molecule has 1 amide bonds. The molecule has 1 fully saturated rings. The van der Waals surface area contributed by atoms with Crippen LogP contribution in [0.4, 0.5) is 10.1 Å². The lowest BCUT2D eigenvalue weighted by Gasteiger charge is -2.16. The van der Waals surface area contributed by atoms with Gasteiger partial charge in [-0.05, 0) is 65.8 Å². The highest BCUT2D eigenvalue weighted by atomic mass is 79.9. The molecule has 168 valence electrons. The lowest BCUT2D eigenvalue weighted by molar-refractivity contribution is -0.114. The molecule has 1 saturated heterocycles. The van der Waals surface area contributed by atoms with Crippen molar-refractivity contribution in [2.24, 2.45) is 0 Å². The quantitative estimate of drug-likeness (QED) is 0.300. The van der Waals surface area contributed by atoms with E-state index in [0.29, 0.717) is 28.0 Å². The maximum absolute atomic E-state index is 13.2. The molecule has 0 saturated carbocycles. The Hall–Kier alpha value is -3.23. The van der Waals surface area contributed by atoms with Crippen molar-refractivity contribution in [2.45, 2.75) is 6.61 Å². The van der Waals surface area contributed by atoms with Crippen molar-refractivity contribution in [1.29, 1.82) is 0 Å². The summed E-state index contributed by atoms with van der Waals surface area (Å²) < 4.78 is 25.2. The van der Waals surface area contributed by atoms with Crippen LogP contribution in [0.1, 0.15) is 11.1 Å². The Balaban J connectivity index is 1.61. The van der Waals surface area contributed by atoms with E-state index in [9.17, 15) is 9.18 Å². The largest absolute Gasteiger partial charge is 0.493 e. The van der Waals surface area contributed by atoms with E-state index in [1.165, 1.54) is 17.0 Å². The summed E-state index contributed by atoms with van der Waals surface area (Å²) in [5.41, 5.74) is 2.71. The number of thiocarbonyl (C=S) groups is 1. The van der Waals surface area contributed by atoms with Crippen molar-refractivity contribution in [3.05, 3.63) is 93.8 Å². The summed E-state index contributed by atoms with van der Waals surface area (Å²) in [4.78, 5) is 16.4. The van der Waals surface area contributed by atoms with Crippen molar-refractivity contribution >= 4 is 50.9 Å². The predicted octanol–water partition coefficient (Wildman–Crippen LogP) is 5.78. The molecule has 0 unspecified atom stereocenters. The molecule has 3 aromatic rings. The SMILES string of the molecule is COc1cc(/C=C2/C(=O)N(c3ccccc3)C(=S)N2C)c(Br)cc1OCc1ccc(F)cc1. The van der Waals surface area contributed by atoms with E-state index in [2.05, 4.69) is 15.9 Å². The smallest absolute Gasteiger partial charge is 0.281 e. The molecule has 1 aliphatic rings. The molecule has 1 heterocycles. The van der Waals surface area contributed by atoms with Crippen molar-refractivity contribution < 1.29 is 18.7 Å². The number of nitrogens with zero attached hydrogens (tertiary/aromatic N) is 2. The van der Waals surface area contributed by atoms with Gasteiger partial charge in [-0.1, -0.05) is 46.3 Å². The number of hydrogen-bond acceptors (Lipinski definition) is 4. The fraction of sp³-hybridized carbons (Fsp3) is 0.120. The predicted molar refractivity (Wildman–Crippen MR) is 134 cm³/mol. The van der Waals surface area contributed by atoms with Gasteiger partial charge in [0.1, 0.15) is 18.1 Å². The Morgan fingerprint density at radius 3 is 2.42 bits per heavy atom. The van der Waals surface area contributed by atoms with Crippen LogP contribution in [-0.2, 0) is 11.4 Å². The van der Waals surface area contributed by atoms with Crippen molar-refractivity contribution in [1.82, 2.24) is 4.90 Å². The van der Waals surface area contributed by atoms with E-state index in [4.69, 9.17) is 21.7 Å². The van der Waals surface area contributed by atoms with Gasteiger partial charge in [-0.2, -0.15) is 0 Å². The molecule has 0 bridgehead atoms. The zero-order valence-electron chi connectivity index (χ0n) is 17.9. The third-order valence-corrected chi connectivity index (χ3v) is 6.30. The molecule has 4 rings (SSSR count). The first kappa shape index (κ1) is 22.9. The second kappa shape index (κ2) is 9.72. The molecule has 33 heavy (non-hydrogen) atoms. The number of carbonyl (C=O) groups excluding carboxylic acids is 1. The van der Waals surface area contributed by atoms with E-state index in [0.717, 1.165) is 15.6 Å². The Kier molecular flexibility index (Phi) is 6.76. The molecule has 0 N–H and O–H groups in total. The highest BCUT2D eigenvalue weighted by Crippen LogP contribution is 2.36. The van der Waals surface area contributed by atoms with E-state index >= 15 is 0 Å². The minimum absolute atomic E-state index is 0.212. The maximum atomic E-state index is 13.2. The third-order valence-electron chi connectivity index (χ3n) is 5.16. The van der Waals surface area contributed by atoms with Gasteiger partial charge >= 0.3 is 0 Å². The molecule has 0 radical (unpaired) electrons. The molecule has 1 aliphatic heterocycles. The van der Waals surface area contributed by atoms with Gasteiger partial charge in [-0.25, -0.2) is 4.39 Å². The van der Waals surface area contributed by atoms with E-state index in [1.54, 1.807) is 49.4 Å². The summed E-state index contributed by atoms with van der Waals surface area (Å²) in [6.07, 6.45) is 1.76. The van der Waals surface area contributed by atoms with E-state index in [-0.39, 0.29) is 18.3 Å². The van der Waals surface area contributed by atoms with Crippen LogP contribution < -0.4 is 14.4 Å². The number of carbonyl (C=O) groups is 1. The fourth-order valence-corrected chi connectivity index (χ4v) is 4.11. The molecular formula is C25H20BrFN2O3S. The van der Waals surface area contributed by atoms with Crippen molar-refractivity contribution in [3.8, 4) is 11.5 Å². The van der Waals surface area contributed by atoms with Crippen LogP contribution in [-0.4, -0.2) is 30.1 Å². The number of likely N-dealkylation sites (N-methyl/N-ethyl adjacent to an activating group) is 1. The highest BCUT2D eigenvalue weighted by Gasteiger charge is 2.36. The summed E-state index contributed by atoms with van der Waals surface area (Å²) in [6.45, 7) is 0.255. The maximum Gasteiger partial charge on any atom is 0.281 e. The van der Waals surface area contributed by atoms with Gasteiger partial charge < -0.3 is 14.4 Å². The zero-order chi connectivity index (χ0) is 23.5. The Morgan fingerprint density at radius 1 is 1.06 bits per heavy atom. The molecule has 0 aliphatic carbocycles. The monoisotopic (exact) mass is 526 g/mol. The highest BCUT2D eigenvalue weighted by molar-refractivity contribution is 9.10. The summed E-state index contributed by atoms with van der Waals surface area (Å²) in [6, 6.07) is 19.0. The van der Waals surface area contributed by atoms with Crippen LogP contribution >= 0.6 is 28.1 Å². The first-order chi connectivity index (χ1) is 15.9. The summed E-state index contributed by atoms with van der Waals surface area (Å²) in [5, 5.41) is 0.403. The topological polar surface area (TPSA) is 42.0 Å². The number of methoxy groups -OCH3 is 1. The Labute approximate surface area is 205 Å². The van der Waals surface area contributed by atoms with Gasteiger partial charge in [0.05, 0.1) is 12.8 Å². The van der Waals surface area contributed by atoms with Crippen LogP contribution in [0.3, 0.4) is 0 Å². The summed E-state index contributed by atoms with van der Waals surface area (Å²) in [5.74, 6) is 0.510. The molecule has 0 spiro atoms. The normalized spacial score (nSPS) is 14.8. The molecule has 0 aromatic heterocycles. The summed E-state index contributed by atoms with van der Waals surface area (Å²) in [7, 11) is 3.31. The van der Waals surface area contributed by atoms with Crippen LogP contribution in [0.5, 0.6) is 11.5 Å². The second-order valence-corrected chi connectivity index (χ2v) is 8.51. The third kappa shape index (κ3) is 4.77. The zero-order valence-corrected chi connectivity index (χ0v) is 20.3. The van der Waals surface area contributed by atoms with Crippen LogP contribution in [0.2, 0.25) is 0 Å². The number of hydrogen-bond donors (Lipinski definition) is 0. The number of halogens is 2. The van der Waals surface area contributed by atoms with Crippen LogP contribution in [0, 0.1) is 5.82 Å². The number of anilines is 1. The van der Waals surface area contributed by atoms with Gasteiger partial charge in [-0.15, -0.1) is 0 Å². The second-order valence-electron chi connectivity index (χ2n) is 7.29.